The normalized spacial score (nSPS) is 17.0. The van der Waals surface area contributed by atoms with Crippen molar-refractivity contribution in [3.63, 3.8) is 0 Å². The number of carbonyl (C=O) groups is 1. The zero-order chi connectivity index (χ0) is 17.4. The largest absolute Gasteiger partial charge is 0.497 e. The number of hydrogen-bond donors (Lipinski definition) is 1. The highest BCUT2D eigenvalue weighted by Gasteiger charge is 2.24. The monoisotopic (exact) mass is 332 g/mol. The van der Waals surface area contributed by atoms with Crippen molar-refractivity contribution in [2.75, 3.05) is 45.8 Å². The summed E-state index contributed by atoms with van der Waals surface area (Å²) in [5.41, 5.74) is 0.619. The summed E-state index contributed by atoms with van der Waals surface area (Å²) in [6.07, 6.45) is 7.18. The van der Waals surface area contributed by atoms with E-state index in [2.05, 4.69) is 11.2 Å². The van der Waals surface area contributed by atoms with Crippen LogP contribution in [0.25, 0.3) is 0 Å². The van der Waals surface area contributed by atoms with Gasteiger partial charge in [0.25, 0.3) is 0 Å². The summed E-state index contributed by atoms with van der Waals surface area (Å²) in [7, 11) is 3.15. The molecule has 1 aromatic carbocycles. The maximum Gasteiger partial charge on any atom is 0.321 e. The van der Waals surface area contributed by atoms with Gasteiger partial charge in [0, 0.05) is 25.1 Å². The van der Waals surface area contributed by atoms with Crippen LogP contribution in [0.2, 0.25) is 0 Å². The average molecular weight is 332 g/mol. The molecule has 1 N–H and O–H groups in total. The highest BCUT2D eigenvalue weighted by molar-refractivity contribution is 5.91. The smallest absolute Gasteiger partial charge is 0.321 e. The number of benzene rings is 1. The van der Waals surface area contributed by atoms with Gasteiger partial charge >= 0.3 is 6.03 Å². The molecule has 1 atom stereocenters. The van der Waals surface area contributed by atoms with E-state index in [9.17, 15) is 4.79 Å². The van der Waals surface area contributed by atoms with Gasteiger partial charge in [-0.2, -0.15) is 0 Å². The maximum atomic E-state index is 12.5. The summed E-state index contributed by atoms with van der Waals surface area (Å²) < 4.78 is 15.9. The van der Waals surface area contributed by atoms with Crippen molar-refractivity contribution in [2.45, 2.75) is 12.8 Å². The van der Waals surface area contributed by atoms with Gasteiger partial charge in [0.1, 0.15) is 18.1 Å². The molecule has 6 heteroatoms. The predicted octanol–water partition coefficient (Wildman–Crippen LogP) is 2.60. The Hall–Kier alpha value is -2.39. The Morgan fingerprint density at radius 1 is 1.42 bits per heavy atom. The quantitative estimate of drug-likeness (QED) is 0.642. The number of likely N-dealkylation sites (tertiary alicyclic amines) is 1. The third kappa shape index (κ3) is 4.80. The van der Waals surface area contributed by atoms with Crippen LogP contribution in [0.15, 0.2) is 18.2 Å². The first-order valence-electron chi connectivity index (χ1n) is 7.97. The van der Waals surface area contributed by atoms with Crippen LogP contribution >= 0.6 is 0 Å². The molecule has 0 radical (unpaired) electrons. The summed E-state index contributed by atoms with van der Waals surface area (Å²) in [5.74, 6) is 4.01. The van der Waals surface area contributed by atoms with Gasteiger partial charge in [-0.3, -0.25) is 0 Å². The molecule has 1 heterocycles. The van der Waals surface area contributed by atoms with Crippen molar-refractivity contribution < 1.29 is 19.0 Å². The van der Waals surface area contributed by atoms with E-state index in [4.69, 9.17) is 20.6 Å². The Labute approximate surface area is 143 Å². The zero-order valence-electron chi connectivity index (χ0n) is 14.2. The molecule has 1 aromatic rings. The lowest BCUT2D eigenvalue weighted by atomic mass is 9.99. The molecule has 1 fully saturated rings. The zero-order valence-corrected chi connectivity index (χ0v) is 14.2. The second-order valence-corrected chi connectivity index (χ2v) is 5.67. The van der Waals surface area contributed by atoms with E-state index in [1.807, 2.05) is 0 Å². The molecule has 0 saturated carbocycles. The van der Waals surface area contributed by atoms with Gasteiger partial charge in [-0.05, 0) is 25.0 Å². The molecule has 0 aliphatic carbocycles. The summed E-state index contributed by atoms with van der Waals surface area (Å²) in [6, 6.07) is 5.15. The van der Waals surface area contributed by atoms with Crippen molar-refractivity contribution in [3.8, 4) is 23.8 Å². The highest BCUT2D eigenvalue weighted by atomic mass is 16.5. The summed E-state index contributed by atoms with van der Waals surface area (Å²) in [4.78, 5) is 14.3. The van der Waals surface area contributed by atoms with Crippen molar-refractivity contribution >= 4 is 11.7 Å². The first-order chi connectivity index (χ1) is 11.7. The van der Waals surface area contributed by atoms with Gasteiger partial charge in [-0.1, -0.05) is 5.92 Å². The van der Waals surface area contributed by atoms with Crippen LogP contribution in [0, 0.1) is 18.3 Å². The summed E-state index contributed by atoms with van der Waals surface area (Å²) in [6.45, 7) is 2.29. The van der Waals surface area contributed by atoms with E-state index in [1.165, 1.54) is 0 Å². The first kappa shape index (κ1) is 18.0. The Bertz CT molecular complexity index is 597. The van der Waals surface area contributed by atoms with E-state index < -0.39 is 0 Å². The molecule has 2 amide bonds. The number of amides is 2. The minimum absolute atomic E-state index is 0.139. The SMILES string of the molecule is C#CCOCC1CCCN(C(=O)Nc2ccc(OC)cc2OC)C1. The molecule has 1 saturated heterocycles. The van der Waals surface area contributed by atoms with Gasteiger partial charge in [-0.25, -0.2) is 4.79 Å². The van der Waals surface area contributed by atoms with Crippen molar-refractivity contribution in [1.82, 2.24) is 4.90 Å². The summed E-state index contributed by atoms with van der Waals surface area (Å²) in [5, 5.41) is 2.90. The van der Waals surface area contributed by atoms with Crippen LogP contribution in [0.5, 0.6) is 11.5 Å². The minimum Gasteiger partial charge on any atom is -0.497 e. The van der Waals surface area contributed by atoms with Crippen LogP contribution in [0.4, 0.5) is 10.5 Å². The van der Waals surface area contributed by atoms with Gasteiger partial charge in [0.15, 0.2) is 0 Å². The lowest BCUT2D eigenvalue weighted by molar-refractivity contribution is 0.0883. The minimum atomic E-state index is -0.139. The maximum absolute atomic E-state index is 12.5. The molecule has 2 rings (SSSR count). The number of urea groups is 1. The number of piperidine rings is 1. The van der Waals surface area contributed by atoms with Gasteiger partial charge in [0.05, 0.1) is 26.5 Å². The number of hydrogen-bond acceptors (Lipinski definition) is 4. The van der Waals surface area contributed by atoms with E-state index in [1.54, 1.807) is 37.3 Å². The van der Waals surface area contributed by atoms with Crippen molar-refractivity contribution in [2.24, 2.45) is 5.92 Å². The number of nitrogens with one attached hydrogen (secondary N) is 1. The topological polar surface area (TPSA) is 60.0 Å². The molecule has 0 aromatic heterocycles. The molecule has 24 heavy (non-hydrogen) atoms. The fraction of sp³-hybridized carbons (Fsp3) is 0.500. The number of rotatable bonds is 6. The van der Waals surface area contributed by atoms with Gasteiger partial charge < -0.3 is 24.4 Å². The van der Waals surface area contributed by atoms with Crippen molar-refractivity contribution in [3.05, 3.63) is 18.2 Å². The van der Waals surface area contributed by atoms with E-state index >= 15 is 0 Å². The Kier molecular flexibility index (Phi) is 6.76. The van der Waals surface area contributed by atoms with Gasteiger partial charge in [-0.15, -0.1) is 6.42 Å². The predicted molar refractivity (Wildman–Crippen MR) is 92.5 cm³/mol. The second kappa shape index (κ2) is 9.04. The third-order valence-corrected chi connectivity index (χ3v) is 4.00. The van der Waals surface area contributed by atoms with E-state index in [0.29, 0.717) is 42.9 Å². The fourth-order valence-electron chi connectivity index (χ4n) is 2.77. The molecular formula is C18H24N2O4. The Morgan fingerprint density at radius 3 is 2.96 bits per heavy atom. The lowest BCUT2D eigenvalue weighted by Crippen LogP contribution is -2.43. The first-order valence-corrected chi connectivity index (χ1v) is 7.97. The van der Waals surface area contributed by atoms with Crippen molar-refractivity contribution in [1.29, 1.82) is 0 Å². The molecular weight excluding hydrogens is 308 g/mol. The fourth-order valence-corrected chi connectivity index (χ4v) is 2.77. The standard InChI is InChI=1S/C18H24N2O4/c1-4-10-24-13-14-6-5-9-20(12-14)18(21)19-16-8-7-15(22-2)11-17(16)23-3/h1,7-8,11,14H,5-6,9-10,12-13H2,2-3H3,(H,19,21). The summed E-state index contributed by atoms with van der Waals surface area (Å²) >= 11 is 0. The Balaban J connectivity index is 1.95. The number of ether oxygens (including phenoxy) is 3. The third-order valence-electron chi connectivity index (χ3n) is 4.00. The molecule has 1 aliphatic heterocycles. The van der Waals surface area contributed by atoms with E-state index in [-0.39, 0.29) is 6.03 Å². The number of methoxy groups -OCH3 is 2. The number of anilines is 1. The molecule has 1 aliphatic rings. The second-order valence-electron chi connectivity index (χ2n) is 5.67. The van der Waals surface area contributed by atoms with Gasteiger partial charge in [0.2, 0.25) is 0 Å². The number of terminal acetylenes is 1. The molecule has 0 bridgehead atoms. The lowest BCUT2D eigenvalue weighted by Gasteiger charge is -2.32. The van der Waals surface area contributed by atoms with Crippen LogP contribution in [0.3, 0.4) is 0 Å². The van der Waals surface area contributed by atoms with E-state index in [0.717, 1.165) is 19.4 Å². The molecule has 6 nitrogen and oxygen atoms in total. The highest BCUT2D eigenvalue weighted by Crippen LogP contribution is 2.29. The average Bonchev–Trinajstić information content (AvgIpc) is 2.62. The van der Waals surface area contributed by atoms with Crippen LogP contribution in [-0.4, -0.2) is 51.5 Å². The van der Waals surface area contributed by atoms with Crippen LogP contribution in [0.1, 0.15) is 12.8 Å². The molecule has 130 valence electrons. The number of carbonyl (C=O) groups excluding carboxylic acids is 1. The molecule has 0 spiro atoms. The number of nitrogens with zero attached hydrogens (tertiary/aromatic N) is 1. The molecule has 1 unspecified atom stereocenters. The van der Waals surface area contributed by atoms with Crippen LogP contribution in [-0.2, 0) is 4.74 Å². The van der Waals surface area contributed by atoms with Crippen LogP contribution < -0.4 is 14.8 Å². The Morgan fingerprint density at radius 2 is 2.25 bits per heavy atom.